The molecule has 0 atom stereocenters. The van der Waals surface area contributed by atoms with E-state index >= 15 is 0 Å². The topological polar surface area (TPSA) is 81.4 Å². The number of carbonyl (C=O) groups is 2. The lowest BCUT2D eigenvalue weighted by atomic mass is 9.96. The second-order valence-corrected chi connectivity index (χ2v) is 6.13. The van der Waals surface area contributed by atoms with Crippen LogP contribution in [-0.2, 0) is 11.2 Å². The first kappa shape index (κ1) is 18.2. The Morgan fingerprint density at radius 2 is 1.86 bits per heavy atom. The van der Waals surface area contributed by atoms with Crippen LogP contribution < -0.4 is 11.1 Å². The fraction of sp³-hybridized carbons (Fsp3) is 0.529. The number of carbonyl (C=O) groups excluding carboxylic acids is 2. The lowest BCUT2D eigenvalue weighted by molar-refractivity contribution is 0.0919. The lowest BCUT2D eigenvalue weighted by Crippen LogP contribution is -2.32. The van der Waals surface area contributed by atoms with Gasteiger partial charge in [-0.25, -0.2) is 4.79 Å². The number of alkyl carbamates (subject to hydrolysis) is 1. The molecular weight excluding hydrogens is 280 g/mol. The summed E-state index contributed by atoms with van der Waals surface area (Å²) in [4.78, 5) is 23.3. The smallest absolute Gasteiger partial charge is 0.414 e. The number of hydrogen-bond acceptors (Lipinski definition) is 4. The van der Waals surface area contributed by atoms with Gasteiger partial charge in [-0.15, -0.1) is 0 Å². The van der Waals surface area contributed by atoms with Crippen molar-refractivity contribution in [2.24, 2.45) is 5.73 Å². The summed E-state index contributed by atoms with van der Waals surface area (Å²) in [6.07, 6.45) is 2.73. The molecule has 22 heavy (non-hydrogen) atoms. The fourth-order valence-electron chi connectivity index (χ4n) is 1.80. The Hall–Kier alpha value is -1.88. The average molecular weight is 306 g/mol. The fourth-order valence-corrected chi connectivity index (χ4v) is 1.80. The maximum atomic E-state index is 11.9. The van der Waals surface area contributed by atoms with E-state index in [4.69, 9.17) is 10.5 Å². The first-order chi connectivity index (χ1) is 10.3. The van der Waals surface area contributed by atoms with Gasteiger partial charge in [0.25, 0.3) is 5.91 Å². The minimum absolute atomic E-state index is 0.210. The standard InChI is InChI=1S/C17H26N2O3/c1-4-5-12-22-16(21)19-15(20)14-8-6-13(7-9-14)10-11-17(2,3)18/h6-9H,4-5,10-12,18H2,1-3H3,(H,19,20,21). The molecule has 5 heteroatoms. The zero-order chi connectivity index (χ0) is 16.6. The summed E-state index contributed by atoms with van der Waals surface area (Å²) in [6, 6.07) is 7.16. The summed E-state index contributed by atoms with van der Waals surface area (Å²) < 4.78 is 4.89. The van der Waals surface area contributed by atoms with E-state index in [-0.39, 0.29) is 5.54 Å². The average Bonchev–Trinajstić information content (AvgIpc) is 2.45. The number of hydrogen-bond donors (Lipinski definition) is 2. The third-order valence-corrected chi connectivity index (χ3v) is 3.22. The molecule has 0 saturated carbocycles. The second kappa shape index (κ2) is 8.54. The van der Waals surface area contributed by atoms with E-state index in [1.165, 1.54) is 0 Å². The van der Waals surface area contributed by atoms with Gasteiger partial charge < -0.3 is 10.5 Å². The first-order valence-electron chi connectivity index (χ1n) is 7.68. The van der Waals surface area contributed by atoms with Crippen molar-refractivity contribution in [2.75, 3.05) is 6.61 Å². The SMILES string of the molecule is CCCCOC(=O)NC(=O)c1ccc(CCC(C)(C)N)cc1. The molecule has 0 saturated heterocycles. The highest BCUT2D eigenvalue weighted by atomic mass is 16.5. The maximum absolute atomic E-state index is 11.9. The molecule has 1 rings (SSSR count). The Morgan fingerprint density at radius 1 is 1.23 bits per heavy atom. The number of unbranched alkanes of at least 4 members (excludes halogenated alkanes) is 1. The van der Waals surface area contributed by atoms with Gasteiger partial charge in [-0.3, -0.25) is 10.1 Å². The molecule has 0 aromatic heterocycles. The van der Waals surface area contributed by atoms with Gasteiger partial charge in [0, 0.05) is 11.1 Å². The van der Waals surface area contributed by atoms with Gasteiger partial charge in [-0.1, -0.05) is 25.5 Å². The third-order valence-electron chi connectivity index (χ3n) is 3.22. The molecule has 0 spiro atoms. The zero-order valence-electron chi connectivity index (χ0n) is 13.6. The van der Waals surface area contributed by atoms with Gasteiger partial charge in [-0.2, -0.15) is 0 Å². The van der Waals surface area contributed by atoms with Crippen LogP contribution >= 0.6 is 0 Å². The Labute approximate surface area is 132 Å². The van der Waals surface area contributed by atoms with E-state index < -0.39 is 12.0 Å². The van der Waals surface area contributed by atoms with Crippen molar-refractivity contribution in [3.8, 4) is 0 Å². The van der Waals surface area contributed by atoms with Crippen LogP contribution in [0.5, 0.6) is 0 Å². The van der Waals surface area contributed by atoms with Gasteiger partial charge in [-0.05, 0) is 50.8 Å². The van der Waals surface area contributed by atoms with Gasteiger partial charge in [0.1, 0.15) is 0 Å². The second-order valence-electron chi connectivity index (χ2n) is 6.13. The summed E-state index contributed by atoms with van der Waals surface area (Å²) in [6.45, 7) is 6.29. The van der Waals surface area contributed by atoms with E-state index in [2.05, 4.69) is 5.32 Å². The lowest BCUT2D eigenvalue weighted by Gasteiger charge is -2.18. The van der Waals surface area contributed by atoms with Crippen molar-refractivity contribution < 1.29 is 14.3 Å². The number of benzene rings is 1. The van der Waals surface area contributed by atoms with Crippen molar-refractivity contribution in [1.29, 1.82) is 0 Å². The minimum atomic E-state index is -0.701. The molecule has 3 N–H and O–H groups in total. The first-order valence-corrected chi connectivity index (χ1v) is 7.68. The zero-order valence-corrected chi connectivity index (χ0v) is 13.6. The van der Waals surface area contributed by atoms with Gasteiger partial charge in [0.2, 0.25) is 0 Å². The maximum Gasteiger partial charge on any atom is 0.414 e. The summed E-state index contributed by atoms with van der Waals surface area (Å²) in [5.41, 5.74) is 7.29. The van der Waals surface area contributed by atoms with Crippen molar-refractivity contribution in [3.63, 3.8) is 0 Å². The molecule has 0 unspecified atom stereocenters. The highest BCUT2D eigenvalue weighted by Crippen LogP contribution is 2.12. The van der Waals surface area contributed by atoms with Crippen LogP contribution in [0.2, 0.25) is 0 Å². The molecule has 0 radical (unpaired) electrons. The van der Waals surface area contributed by atoms with Crippen LogP contribution in [0.3, 0.4) is 0 Å². The van der Waals surface area contributed by atoms with Crippen LogP contribution in [0.4, 0.5) is 4.79 Å². The van der Waals surface area contributed by atoms with Crippen LogP contribution in [0.1, 0.15) is 56.0 Å². The number of nitrogens with one attached hydrogen (secondary N) is 1. The van der Waals surface area contributed by atoms with Gasteiger partial charge in [0.15, 0.2) is 0 Å². The van der Waals surface area contributed by atoms with E-state index in [9.17, 15) is 9.59 Å². The molecule has 0 heterocycles. The Balaban J connectivity index is 2.48. The van der Waals surface area contributed by atoms with E-state index in [1.54, 1.807) is 12.1 Å². The molecular formula is C17H26N2O3. The molecule has 2 amide bonds. The number of nitrogens with two attached hydrogens (primary N) is 1. The summed E-state index contributed by atoms with van der Waals surface area (Å²) in [5, 5.41) is 2.21. The molecule has 122 valence electrons. The molecule has 1 aromatic carbocycles. The number of amides is 2. The van der Waals surface area contributed by atoms with E-state index in [0.29, 0.717) is 12.2 Å². The summed E-state index contributed by atoms with van der Waals surface area (Å²) in [7, 11) is 0. The molecule has 0 aliphatic carbocycles. The van der Waals surface area contributed by atoms with Crippen LogP contribution in [-0.4, -0.2) is 24.1 Å². The predicted octanol–water partition coefficient (Wildman–Crippen LogP) is 3.02. The highest BCUT2D eigenvalue weighted by molar-refractivity contribution is 6.02. The van der Waals surface area contributed by atoms with Crippen LogP contribution in [0.25, 0.3) is 0 Å². The molecule has 5 nitrogen and oxygen atoms in total. The Kier molecular flexibility index (Phi) is 7.05. The number of ether oxygens (including phenoxy) is 1. The number of rotatable bonds is 7. The van der Waals surface area contributed by atoms with E-state index in [0.717, 1.165) is 31.2 Å². The van der Waals surface area contributed by atoms with Crippen LogP contribution in [0, 0.1) is 0 Å². The summed E-state index contributed by atoms with van der Waals surface area (Å²) >= 11 is 0. The number of imide groups is 1. The Bertz CT molecular complexity index is 490. The highest BCUT2D eigenvalue weighted by Gasteiger charge is 2.12. The third kappa shape index (κ3) is 7.22. The van der Waals surface area contributed by atoms with Gasteiger partial charge >= 0.3 is 6.09 Å². The monoisotopic (exact) mass is 306 g/mol. The largest absolute Gasteiger partial charge is 0.449 e. The quantitative estimate of drug-likeness (QED) is 0.759. The van der Waals surface area contributed by atoms with Crippen molar-refractivity contribution in [3.05, 3.63) is 35.4 Å². The molecule has 0 bridgehead atoms. The molecule has 1 aromatic rings. The van der Waals surface area contributed by atoms with Crippen LogP contribution in [0.15, 0.2) is 24.3 Å². The normalized spacial score (nSPS) is 11.1. The predicted molar refractivity (Wildman–Crippen MR) is 86.8 cm³/mol. The number of aryl methyl sites for hydroxylation is 1. The van der Waals surface area contributed by atoms with Crippen molar-refractivity contribution >= 4 is 12.0 Å². The van der Waals surface area contributed by atoms with Crippen molar-refractivity contribution in [1.82, 2.24) is 5.32 Å². The molecule has 0 fully saturated rings. The Morgan fingerprint density at radius 3 is 2.41 bits per heavy atom. The van der Waals surface area contributed by atoms with Crippen molar-refractivity contribution in [2.45, 2.75) is 52.0 Å². The molecule has 0 aliphatic rings. The molecule has 0 aliphatic heterocycles. The summed E-state index contributed by atoms with van der Waals surface area (Å²) in [5.74, 6) is -0.452. The minimum Gasteiger partial charge on any atom is -0.449 e. The van der Waals surface area contributed by atoms with Gasteiger partial charge in [0.05, 0.1) is 6.61 Å². The van der Waals surface area contributed by atoms with E-state index in [1.807, 2.05) is 32.9 Å².